The van der Waals surface area contributed by atoms with Crippen LogP contribution in [0.2, 0.25) is 0 Å². The molecule has 0 aliphatic heterocycles. The van der Waals surface area contributed by atoms with Gasteiger partial charge in [-0.3, -0.25) is 4.57 Å². The van der Waals surface area contributed by atoms with E-state index < -0.39 is 29.2 Å². The molecule has 0 saturated carbocycles. The van der Waals surface area contributed by atoms with E-state index in [1.807, 2.05) is 4.72 Å². The van der Waals surface area contributed by atoms with Gasteiger partial charge in [0.05, 0.1) is 9.58 Å². The first kappa shape index (κ1) is 26.3. The van der Waals surface area contributed by atoms with Gasteiger partial charge in [0.15, 0.2) is 0 Å². The van der Waals surface area contributed by atoms with Crippen LogP contribution in [-0.2, 0) is 21.1 Å². The van der Waals surface area contributed by atoms with Crippen LogP contribution < -0.4 is 22.8 Å². The SMILES string of the molecule is N.N.N#Cc1ccc(C(NS(=O)(=O)c2cc3cc(CN)sc3s2)P(=O)(O)O)cc1F. The van der Waals surface area contributed by atoms with Crippen LogP contribution in [0.25, 0.3) is 9.40 Å². The van der Waals surface area contributed by atoms with Crippen molar-refractivity contribution >= 4 is 49.7 Å². The van der Waals surface area contributed by atoms with Crippen molar-refractivity contribution in [1.82, 2.24) is 17.0 Å². The summed E-state index contributed by atoms with van der Waals surface area (Å²) < 4.78 is 53.6. The summed E-state index contributed by atoms with van der Waals surface area (Å²) >= 11 is 2.27. The van der Waals surface area contributed by atoms with Gasteiger partial charge in [0.25, 0.3) is 10.0 Å². The summed E-state index contributed by atoms with van der Waals surface area (Å²) in [7, 11) is -9.35. The van der Waals surface area contributed by atoms with Gasteiger partial charge in [0.1, 0.15) is 21.9 Å². The largest absolute Gasteiger partial charge is 0.347 e. The molecular formula is C15H19FN5O5PS3. The maximum Gasteiger partial charge on any atom is 0.347 e. The number of nitrogens with one attached hydrogen (secondary N) is 1. The van der Waals surface area contributed by atoms with Crippen LogP contribution >= 0.6 is 30.3 Å². The zero-order valence-electron chi connectivity index (χ0n) is 15.3. The van der Waals surface area contributed by atoms with Crippen LogP contribution in [0.4, 0.5) is 4.39 Å². The lowest BCUT2D eigenvalue weighted by molar-refractivity contribution is 0.355. The molecule has 30 heavy (non-hydrogen) atoms. The highest BCUT2D eigenvalue weighted by molar-refractivity contribution is 7.92. The van der Waals surface area contributed by atoms with E-state index >= 15 is 0 Å². The fourth-order valence-electron chi connectivity index (χ4n) is 2.43. The molecule has 2 aromatic heterocycles. The van der Waals surface area contributed by atoms with Gasteiger partial charge in [-0.05, 0) is 29.8 Å². The second-order valence-corrected chi connectivity index (χ2v) is 11.8. The van der Waals surface area contributed by atoms with E-state index in [2.05, 4.69) is 0 Å². The maximum absolute atomic E-state index is 13.9. The molecular weight excluding hydrogens is 476 g/mol. The molecule has 0 saturated heterocycles. The first-order valence-electron chi connectivity index (χ1n) is 7.54. The van der Waals surface area contributed by atoms with Crippen molar-refractivity contribution in [2.75, 3.05) is 0 Å². The number of rotatable bonds is 6. The smallest absolute Gasteiger partial charge is 0.344 e. The number of hydrogen-bond acceptors (Lipinski definition) is 9. The minimum Gasteiger partial charge on any atom is -0.344 e. The Morgan fingerprint density at radius 1 is 1.23 bits per heavy atom. The summed E-state index contributed by atoms with van der Waals surface area (Å²) in [4.78, 5) is 20.1. The molecule has 3 aromatic rings. The van der Waals surface area contributed by atoms with Crippen LogP contribution in [0.15, 0.2) is 34.5 Å². The highest BCUT2D eigenvalue weighted by atomic mass is 32.2. The lowest BCUT2D eigenvalue weighted by atomic mass is 10.1. The number of benzene rings is 1. The molecule has 1 atom stereocenters. The standard InChI is InChI=1S/C15H13FN3O5PS3.2H3N/c16-12-4-8(1-2-9(12)6-17)14(25(20,21)22)19-28(23,24)13-5-10-3-11(7-18)26-15(10)27-13;;/h1-5,14,19H,7,18H2,(H2,20,21,22);2*1H3. The van der Waals surface area contributed by atoms with Gasteiger partial charge < -0.3 is 27.8 Å². The van der Waals surface area contributed by atoms with Gasteiger partial charge in [0, 0.05) is 16.8 Å². The first-order chi connectivity index (χ1) is 13.0. The van der Waals surface area contributed by atoms with E-state index in [0.29, 0.717) is 15.9 Å². The van der Waals surface area contributed by atoms with Crippen LogP contribution in [0.3, 0.4) is 0 Å². The van der Waals surface area contributed by atoms with E-state index in [0.717, 1.165) is 34.4 Å². The molecule has 1 aromatic carbocycles. The fraction of sp³-hybridized carbons (Fsp3) is 0.133. The van der Waals surface area contributed by atoms with Crippen molar-refractivity contribution in [3.8, 4) is 6.07 Å². The summed E-state index contributed by atoms with van der Waals surface area (Å²) in [5.74, 6) is -3.01. The summed E-state index contributed by atoms with van der Waals surface area (Å²) in [5.41, 5.74) is 4.93. The lowest BCUT2D eigenvalue weighted by Crippen LogP contribution is -2.28. The molecule has 10 nitrogen and oxygen atoms in total. The van der Waals surface area contributed by atoms with Crippen molar-refractivity contribution in [3.05, 3.63) is 52.2 Å². The number of halogens is 1. The van der Waals surface area contributed by atoms with Gasteiger partial charge in [-0.1, -0.05) is 6.07 Å². The van der Waals surface area contributed by atoms with Gasteiger partial charge in [-0.25, -0.2) is 12.8 Å². The first-order valence-corrected chi connectivity index (χ1v) is 12.3. The molecule has 0 fully saturated rings. The number of nitrogens with two attached hydrogens (primary N) is 1. The van der Waals surface area contributed by atoms with Crippen molar-refractivity contribution < 1.29 is 27.2 Å². The molecule has 0 spiro atoms. The number of nitrogens with zero attached hydrogens (tertiary/aromatic N) is 1. The third kappa shape index (κ3) is 5.29. The van der Waals surface area contributed by atoms with Gasteiger partial charge in [0.2, 0.25) is 0 Å². The van der Waals surface area contributed by atoms with Gasteiger partial charge in [-0.15, -0.1) is 22.7 Å². The number of hydrogen-bond donors (Lipinski definition) is 6. The molecule has 2 heterocycles. The average Bonchev–Trinajstić information content (AvgIpc) is 3.17. The topological polar surface area (TPSA) is 224 Å². The number of thiophene rings is 2. The molecule has 0 radical (unpaired) electrons. The van der Waals surface area contributed by atoms with Crippen molar-refractivity contribution in [2.24, 2.45) is 5.73 Å². The summed E-state index contributed by atoms with van der Waals surface area (Å²) in [6.45, 7) is 0.316. The molecule has 0 aliphatic carbocycles. The third-order valence-corrected chi connectivity index (χ3v) is 9.33. The second kappa shape index (κ2) is 9.58. The molecule has 1 unspecified atom stereocenters. The summed E-state index contributed by atoms with van der Waals surface area (Å²) in [6.07, 6.45) is 0. The highest BCUT2D eigenvalue weighted by Gasteiger charge is 2.36. The number of sulfonamides is 1. The normalized spacial score (nSPS) is 12.6. The Morgan fingerprint density at radius 3 is 2.40 bits per heavy atom. The minimum atomic E-state index is -5.04. The van der Waals surface area contributed by atoms with Crippen LogP contribution in [0, 0.1) is 17.1 Å². The molecule has 164 valence electrons. The molecule has 0 amide bonds. The third-order valence-electron chi connectivity index (χ3n) is 3.74. The fourth-order valence-corrected chi connectivity index (χ4v) is 7.87. The van der Waals surface area contributed by atoms with Crippen molar-refractivity contribution in [2.45, 2.75) is 16.5 Å². The molecule has 11 N–H and O–H groups in total. The monoisotopic (exact) mass is 495 g/mol. The van der Waals surface area contributed by atoms with Gasteiger partial charge >= 0.3 is 7.60 Å². The van der Waals surface area contributed by atoms with Crippen molar-refractivity contribution in [1.29, 1.82) is 5.26 Å². The number of fused-ring (bicyclic) bond motifs is 1. The Labute approximate surface area is 179 Å². The minimum absolute atomic E-state index is 0. The lowest BCUT2D eigenvalue weighted by Gasteiger charge is -2.20. The summed E-state index contributed by atoms with van der Waals surface area (Å²) in [5, 5.41) is 9.43. The zero-order valence-corrected chi connectivity index (χ0v) is 18.6. The van der Waals surface area contributed by atoms with E-state index in [4.69, 9.17) is 11.0 Å². The van der Waals surface area contributed by atoms with Crippen LogP contribution in [-0.4, -0.2) is 18.2 Å². The van der Waals surface area contributed by atoms with E-state index in [1.54, 1.807) is 12.1 Å². The Kier molecular flexibility index (Phi) is 8.39. The predicted molar refractivity (Wildman–Crippen MR) is 114 cm³/mol. The Balaban J connectivity index is 0.00000225. The van der Waals surface area contributed by atoms with E-state index in [9.17, 15) is 27.2 Å². The van der Waals surface area contributed by atoms with Crippen LogP contribution in [0.5, 0.6) is 0 Å². The van der Waals surface area contributed by atoms with Crippen LogP contribution in [0.1, 0.15) is 21.8 Å². The molecule has 3 rings (SSSR count). The van der Waals surface area contributed by atoms with E-state index in [-0.39, 0.29) is 27.6 Å². The average molecular weight is 496 g/mol. The predicted octanol–water partition coefficient (Wildman–Crippen LogP) is 2.91. The Bertz CT molecular complexity index is 1220. The summed E-state index contributed by atoms with van der Waals surface area (Å²) in [6, 6.07) is 7.55. The number of nitriles is 1. The Hall–Kier alpha value is -1.76. The molecule has 15 heteroatoms. The zero-order chi connectivity index (χ0) is 20.7. The highest BCUT2D eigenvalue weighted by Crippen LogP contribution is 2.51. The van der Waals surface area contributed by atoms with Crippen molar-refractivity contribution in [3.63, 3.8) is 0 Å². The van der Waals surface area contributed by atoms with E-state index in [1.165, 1.54) is 17.4 Å². The molecule has 0 bridgehead atoms. The second-order valence-electron chi connectivity index (χ2n) is 5.69. The maximum atomic E-state index is 13.9. The quantitative estimate of drug-likeness (QED) is 0.276. The van der Waals surface area contributed by atoms with Gasteiger partial charge in [-0.2, -0.15) is 9.98 Å². The molecule has 0 aliphatic rings. The Morgan fingerprint density at radius 2 is 1.90 bits per heavy atom.